The third-order valence-electron chi connectivity index (χ3n) is 1.97. The first-order valence-corrected chi connectivity index (χ1v) is 4.21. The molecule has 0 saturated carbocycles. The molecule has 4 nitrogen and oxygen atoms in total. The molecule has 0 fully saturated rings. The van der Waals surface area contributed by atoms with E-state index in [1.54, 1.807) is 0 Å². The van der Waals surface area contributed by atoms with Crippen LogP contribution in [0.1, 0.15) is 20.8 Å². The van der Waals surface area contributed by atoms with E-state index in [1.807, 2.05) is 25.7 Å². The second-order valence-electron chi connectivity index (χ2n) is 3.19. The molecule has 1 atom stereocenters. The number of aliphatic hydroxyl groups is 1. The molecule has 72 valence electrons. The largest absolute Gasteiger partial charge is 0.395 e. The number of hydrogen-bond donors (Lipinski definition) is 3. The Morgan fingerprint density at radius 3 is 2.25 bits per heavy atom. The van der Waals surface area contributed by atoms with Crippen LogP contribution in [0.25, 0.3) is 0 Å². The normalized spacial score (nSPS) is 13.8. The molecule has 4 N–H and O–H groups in total. The number of nitrogens with one attached hydrogen (secondary N) is 1. The van der Waals surface area contributed by atoms with E-state index in [9.17, 15) is 0 Å². The SMILES string of the molecule is CC(C)N(CCO)C(C)C(=N)N. The molecule has 0 aromatic carbocycles. The molecule has 1 unspecified atom stereocenters. The van der Waals surface area contributed by atoms with Gasteiger partial charge in [0.1, 0.15) is 5.84 Å². The van der Waals surface area contributed by atoms with Gasteiger partial charge in [0.05, 0.1) is 12.6 Å². The van der Waals surface area contributed by atoms with Crippen LogP contribution in [0.15, 0.2) is 0 Å². The van der Waals surface area contributed by atoms with Gasteiger partial charge in [0.15, 0.2) is 0 Å². The first-order chi connectivity index (χ1) is 5.50. The second kappa shape index (κ2) is 5.11. The van der Waals surface area contributed by atoms with Crippen LogP contribution >= 0.6 is 0 Å². The zero-order chi connectivity index (χ0) is 9.72. The van der Waals surface area contributed by atoms with Crippen molar-refractivity contribution in [2.45, 2.75) is 32.9 Å². The molecular formula is C8H19N3O. The summed E-state index contributed by atoms with van der Waals surface area (Å²) in [4.78, 5) is 1.99. The van der Waals surface area contributed by atoms with Crippen LogP contribution in [-0.2, 0) is 0 Å². The average Bonchev–Trinajstić information content (AvgIpc) is 1.98. The van der Waals surface area contributed by atoms with E-state index >= 15 is 0 Å². The van der Waals surface area contributed by atoms with E-state index in [0.29, 0.717) is 12.6 Å². The van der Waals surface area contributed by atoms with Crippen molar-refractivity contribution >= 4 is 5.84 Å². The molecule has 12 heavy (non-hydrogen) atoms. The average molecular weight is 173 g/mol. The smallest absolute Gasteiger partial charge is 0.108 e. The van der Waals surface area contributed by atoms with Gasteiger partial charge in [0, 0.05) is 12.6 Å². The quantitative estimate of drug-likeness (QED) is 0.405. The third kappa shape index (κ3) is 3.19. The summed E-state index contributed by atoms with van der Waals surface area (Å²) in [7, 11) is 0. The van der Waals surface area contributed by atoms with Crippen LogP contribution in [0.4, 0.5) is 0 Å². The van der Waals surface area contributed by atoms with Crippen molar-refractivity contribution in [2.24, 2.45) is 5.73 Å². The molecular weight excluding hydrogens is 154 g/mol. The standard InChI is InChI=1S/C8H19N3O/c1-6(2)11(4-5-12)7(3)8(9)10/h6-7,12H,4-5H2,1-3H3,(H3,9,10). The highest BCUT2D eigenvalue weighted by Gasteiger charge is 2.18. The number of nitrogens with two attached hydrogens (primary N) is 1. The Morgan fingerprint density at radius 1 is 1.50 bits per heavy atom. The number of nitrogens with zero attached hydrogens (tertiary/aromatic N) is 1. The molecule has 0 aliphatic rings. The van der Waals surface area contributed by atoms with Gasteiger partial charge in [-0.2, -0.15) is 0 Å². The van der Waals surface area contributed by atoms with E-state index in [2.05, 4.69) is 0 Å². The van der Waals surface area contributed by atoms with Crippen molar-refractivity contribution in [3.63, 3.8) is 0 Å². The first-order valence-electron chi connectivity index (χ1n) is 4.21. The second-order valence-corrected chi connectivity index (χ2v) is 3.19. The minimum absolute atomic E-state index is 0.0860. The fourth-order valence-electron chi connectivity index (χ4n) is 1.19. The van der Waals surface area contributed by atoms with Gasteiger partial charge in [0.2, 0.25) is 0 Å². The van der Waals surface area contributed by atoms with Gasteiger partial charge in [-0.05, 0) is 20.8 Å². The van der Waals surface area contributed by atoms with Crippen LogP contribution in [-0.4, -0.2) is 41.1 Å². The lowest BCUT2D eigenvalue weighted by molar-refractivity contribution is 0.152. The van der Waals surface area contributed by atoms with Crippen LogP contribution in [0.5, 0.6) is 0 Å². The van der Waals surface area contributed by atoms with Crippen LogP contribution in [0.2, 0.25) is 0 Å². The summed E-state index contributed by atoms with van der Waals surface area (Å²) in [5.74, 6) is 0.150. The summed E-state index contributed by atoms with van der Waals surface area (Å²) in [6.45, 7) is 6.59. The van der Waals surface area contributed by atoms with Gasteiger partial charge < -0.3 is 10.8 Å². The Hall–Kier alpha value is -0.610. The molecule has 0 saturated heterocycles. The summed E-state index contributed by atoms with van der Waals surface area (Å²) in [5, 5.41) is 16.0. The first kappa shape index (κ1) is 11.4. The molecule has 0 rings (SSSR count). The van der Waals surface area contributed by atoms with Gasteiger partial charge in [-0.15, -0.1) is 0 Å². The number of hydrogen-bond acceptors (Lipinski definition) is 3. The number of aliphatic hydroxyl groups excluding tert-OH is 1. The van der Waals surface area contributed by atoms with Gasteiger partial charge in [-0.25, -0.2) is 0 Å². The van der Waals surface area contributed by atoms with E-state index in [4.69, 9.17) is 16.2 Å². The van der Waals surface area contributed by atoms with Gasteiger partial charge in [-0.1, -0.05) is 0 Å². The van der Waals surface area contributed by atoms with Gasteiger partial charge >= 0.3 is 0 Å². The van der Waals surface area contributed by atoms with E-state index in [-0.39, 0.29) is 18.5 Å². The van der Waals surface area contributed by atoms with Crippen molar-refractivity contribution in [1.82, 2.24) is 4.90 Å². The van der Waals surface area contributed by atoms with E-state index < -0.39 is 0 Å². The highest BCUT2D eigenvalue weighted by atomic mass is 16.3. The zero-order valence-electron chi connectivity index (χ0n) is 8.04. The minimum Gasteiger partial charge on any atom is -0.395 e. The molecule has 0 aliphatic carbocycles. The maximum atomic E-state index is 8.76. The molecule has 0 amide bonds. The molecule has 4 heteroatoms. The Bertz CT molecular complexity index is 147. The van der Waals surface area contributed by atoms with Crippen molar-refractivity contribution in [3.8, 4) is 0 Å². The van der Waals surface area contributed by atoms with Crippen LogP contribution in [0.3, 0.4) is 0 Å². The molecule has 0 radical (unpaired) electrons. The lowest BCUT2D eigenvalue weighted by atomic mass is 10.2. The summed E-state index contributed by atoms with van der Waals surface area (Å²) in [5.41, 5.74) is 5.36. The fraction of sp³-hybridized carbons (Fsp3) is 0.875. The molecule has 0 aliphatic heterocycles. The predicted molar refractivity (Wildman–Crippen MR) is 50.3 cm³/mol. The number of rotatable bonds is 5. The van der Waals surface area contributed by atoms with Crippen LogP contribution in [0, 0.1) is 5.41 Å². The lowest BCUT2D eigenvalue weighted by Crippen LogP contribution is -2.47. The Balaban J connectivity index is 4.18. The Morgan fingerprint density at radius 2 is 2.00 bits per heavy atom. The maximum absolute atomic E-state index is 8.76. The highest BCUT2D eigenvalue weighted by Crippen LogP contribution is 2.03. The van der Waals surface area contributed by atoms with Crippen LogP contribution < -0.4 is 5.73 Å². The molecule has 0 spiro atoms. The molecule has 0 heterocycles. The monoisotopic (exact) mass is 173 g/mol. The Kier molecular flexibility index (Phi) is 4.85. The van der Waals surface area contributed by atoms with Gasteiger partial charge in [0.25, 0.3) is 0 Å². The summed E-state index contributed by atoms with van der Waals surface area (Å²) in [6.07, 6.45) is 0. The van der Waals surface area contributed by atoms with Crippen molar-refractivity contribution in [3.05, 3.63) is 0 Å². The highest BCUT2D eigenvalue weighted by molar-refractivity contribution is 5.82. The number of amidine groups is 1. The summed E-state index contributed by atoms with van der Waals surface area (Å²) in [6, 6.07) is 0.216. The maximum Gasteiger partial charge on any atom is 0.108 e. The lowest BCUT2D eigenvalue weighted by Gasteiger charge is -2.31. The topological polar surface area (TPSA) is 73.3 Å². The predicted octanol–water partition coefficient (Wildman–Crippen LogP) is 0.0136. The molecule has 0 aromatic heterocycles. The third-order valence-corrected chi connectivity index (χ3v) is 1.97. The van der Waals surface area contributed by atoms with E-state index in [0.717, 1.165) is 0 Å². The fourth-order valence-corrected chi connectivity index (χ4v) is 1.19. The van der Waals surface area contributed by atoms with Crippen molar-refractivity contribution in [2.75, 3.05) is 13.2 Å². The summed E-state index contributed by atoms with van der Waals surface area (Å²) < 4.78 is 0. The minimum atomic E-state index is -0.0860. The summed E-state index contributed by atoms with van der Waals surface area (Å²) >= 11 is 0. The molecule has 0 aromatic rings. The molecule has 0 bridgehead atoms. The van der Waals surface area contributed by atoms with Crippen molar-refractivity contribution in [1.29, 1.82) is 5.41 Å². The Labute approximate surface area is 73.9 Å². The van der Waals surface area contributed by atoms with Crippen molar-refractivity contribution < 1.29 is 5.11 Å². The zero-order valence-corrected chi connectivity index (χ0v) is 8.04. The van der Waals surface area contributed by atoms with E-state index in [1.165, 1.54) is 0 Å². The van der Waals surface area contributed by atoms with Gasteiger partial charge in [-0.3, -0.25) is 10.3 Å².